The average molecular weight is 335 g/mol. The van der Waals surface area contributed by atoms with E-state index in [1.807, 2.05) is 24.4 Å². The highest BCUT2D eigenvalue weighted by atomic mass is 16.5. The molecule has 7 heteroatoms. The fourth-order valence-electron chi connectivity index (χ4n) is 3.41. The molecule has 25 heavy (non-hydrogen) atoms. The molecule has 2 aliphatic rings. The maximum absolute atomic E-state index is 12.2. The van der Waals surface area contributed by atoms with Gasteiger partial charge >= 0.3 is 0 Å². The minimum Gasteiger partial charge on any atom is -0.373 e. The van der Waals surface area contributed by atoms with Gasteiger partial charge in [0.2, 0.25) is 5.91 Å². The Balaban J connectivity index is 1.33. The number of fused-ring (bicyclic) bond motifs is 2. The number of amides is 1. The second-order valence-corrected chi connectivity index (χ2v) is 6.54. The number of carbonyl (C=O) groups is 1. The zero-order valence-electron chi connectivity index (χ0n) is 13.5. The molecule has 2 saturated heterocycles. The van der Waals surface area contributed by atoms with Crippen molar-refractivity contribution in [1.82, 2.24) is 20.1 Å². The molecule has 3 aromatic rings. The van der Waals surface area contributed by atoms with Gasteiger partial charge in [-0.15, -0.1) is 0 Å². The highest BCUT2D eigenvalue weighted by Gasteiger charge is 2.47. The molecule has 1 unspecified atom stereocenters. The molecule has 0 aliphatic carbocycles. The molecule has 0 saturated carbocycles. The van der Waals surface area contributed by atoms with E-state index in [4.69, 9.17) is 4.74 Å². The lowest BCUT2D eigenvalue weighted by atomic mass is 9.95. The topological polar surface area (TPSA) is 83.1 Å². The van der Waals surface area contributed by atoms with E-state index in [1.165, 1.54) is 0 Å². The molecule has 2 aromatic heterocycles. The van der Waals surface area contributed by atoms with Crippen LogP contribution in [0.5, 0.6) is 0 Å². The molecular weight excluding hydrogens is 318 g/mol. The van der Waals surface area contributed by atoms with Crippen LogP contribution in [0, 0.1) is 0 Å². The van der Waals surface area contributed by atoms with E-state index in [0.29, 0.717) is 24.5 Å². The molecule has 2 atom stereocenters. The van der Waals surface area contributed by atoms with Gasteiger partial charge in [0, 0.05) is 29.9 Å². The van der Waals surface area contributed by atoms with E-state index in [2.05, 4.69) is 31.5 Å². The summed E-state index contributed by atoms with van der Waals surface area (Å²) < 4.78 is 5.36. The van der Waals surface area contributed by atoms with Gasteiger partial charge < -0.3 is 10.1 Å². The van der Waals surface area contributed by atoms with Crippen molar-refractivity contribution in [2.24, 2.45) is 0 Å². The van der Waals surface area contributed by atoms with Crippen molar-refractivity contribution in [2.75, 3.05) is 25.0 Å². The third kappa shape index (κ3) is 2.57. The van der Waals surface area contributed by atoms with Crippen LogP contribution in [0.2, 0.25) is 0 Å². The Bertz CT molecular complexity index is 940. The van der Waals surface area contributed by atoms with Gasteiger partial charge in [-0.3, -0.25) is 14.8 Å². The highest BCUT2D eigenvalue weighted by Crippen LogP contribution is 2.29. The number of aromatic nitrogens is 3. The first kappa shape index (κ1) is 14.6. The average Bonchev–Trinajstić information content (AvgIpc) is 3.13. The number of pyridine rings is 1. The van der Waals surface area contributed by atoms with Crippen LogP contribution < -0.4 is 5.32 Å². The Morgan fingerprint density at radius 3 is 2.96 bits per heavy atom. The Labute approximate surface area is 144 Å². The first-order chi connectivity index (χ1) is 12.3. The summed E-state index contributed by atoms with van der Waals surface area (Å²) in [5, 5.41) is 11.8. The number of ether oxygens (including phenoxy) is 1. The SMILES string of the molecule is O=C(CN1CC2OC[C@@H]21)Nc1cc2cc(-c3cn[nH]c3)ccc2cn1. The molecular formula is C18H17N5O2. The Morgan fingerprint density at radius 2 is 2.24 bits per heavy atom. The maximum Gasteiger partial charge on any atom is 0.239 e. The van der Waals surface area contributed by atoms with Gasteiger partial charge in [0.15, 0.2) is 0 Å². The van der Waals surface area contributed by atoms with Gasteiger partial charge in [-0.25, -0.2) is 4.98 Å². The van der Waals surface area contributed by atoms with E-state index < -0.39 is 0 Å². The molecule has 2 fully saturated rings. The number of nitrogens with zero attached hydrogens (tertiary/aromatic N) is 3. The summed E-state index contributed by atoms with van der Waals surface area (Å²) in [6.45, 7) is 1.97. The predicted molar refractivity (Wildman–Crippen MR) is 93.1 cm³/mol. The molecule has 5 rings (SSSR count). The minimum absolute atomic E-state index is 0.0387. The molecule has 0 radical (unpaired) electrons. The lowest BCUT2D eigenvalue weighted by Crippen LogP contribution is -2.71. The molecule has 1 aromatic carbocycles. The normalized spacial score (nSPS) is 22.1. The lowest BCUT2D eigenvalue weighted by molar-refractivity contribution is -0.212. The van der Waals surface area contributed by atoms with Gasteiger partial charge in [-0.05, 0) is 23.1 Å². The van der Waals surface area contributed by atoms with E-state index in [1.54, 1.807) is 12.4 Å². The van der Waals surface area contributed by atoms with Crippen molar-refractivity contribution in [3.63, 3.8) is 0 Å². The summed E-state index contributed by atoms with van der Waals surface area (Å²) >= 11 is 0. The van der Waals surface area contributed by atoms with Crippen molar-refractivity contribution in [2.45, 2.75) is 12.1 Å². The van der Waals surface area contributed by atoms with Crippen molar-refractivity contribution in [1.29, 1.82) is 0 Å². The molecule has 0 bridgehead atoms. The van der Waals surface area contributed by atoms with Crippen molar-refractivity contribution < 1.29 is 9.53 Å². The maximum atomic E-state index is 12.2. The van der Waals surface area contributed by atoms with Gasteiger partial charge in [0.25, 0.3) is 0 Å². The lowest BCUT2D eigenvalue weighted by Gasteiger charge is -2.54. The summed E-state index contributed by atoms with van der Waals surface area (Å²) in [7, 11) is 0. The minimum atomic E-state index is -0.0387. The van der Waals surface area contributed by atoms with Crippen LogP contribution in [-0.2, 0) is 9.53 Å². The number of rotatable bonds is 4. The summed E-state index contributed by atoms with van der Waals surface area (Å²) in [5.74, 6) is 0.534. The molecule has 2 aliphatic heterocycles. The third-order valence-corrected chi connectivity index (χ3v) is 4.96. The van der Waals surface area contributed by atoms with Crippen LogP contribution in [-0.4, -0.2) is 57.8 Å². The Hall–Kier alpha value is -2.77. The number of likely N-dealkylation sites (tertiary alicyclic amines) is 1. The second-order valence-electron chi connectivity index (χ2n) is 6.54. The van der Waals surface area contributed by atoms with Crippen LogP contribution in [0.4, 0.5) is 5.82 Å². The zero-order valence-corrected chi connectivity index (χ0v) is 13.5. The summed E-state index contributed by atoms with van der Waals surface area (Å²) in [5.41, 5.74) is 2.10. The monoisotopic (exact) mass is 335 g/mol. The molecule has 1 amide bonds. The Morgan fingerprint density at radius 1 is 1.28 bits per heavy atom. The fourth-order valence-corrected chi connectivity index (χ4v) is 3.41. The second kappa shape index (κ2) is 5.65. The molecule has 7 nitrogen and oxygen atoms in total. The largest absolute Gasteiger partial charge is 0.373 e. The van der Waals surface area contributed by atoms with E-state index in [-0.39, 0.29) is 5.91 Å². The number of carbonyl (C=O) groups excluding carboxylic acids is 1. The molecule has 2 N–H and O–H groups in total. The summed E-state index contributed by atoms with van der Waals surface area (Å²) in [4.78, 5) is 18.7. The smallest absolute Gasteiger partial charge is 0.239 e. The van der Waals surface area contributed by atoms with Crippen LogP contribution >= 0.6 is 0 Å². The number of hydrogen-bond acceptors (Lipinski definition) is 5. The van der Waals surface area contributed by atoms with Crippen LogP contribution in [0.25, 0.3) is 21.9 Å². The van der Waals surface area contributed by atoms with E-state index in [0.717, 1.165) is 35.1 Å². The van der Waals surface area contributed by atoms with Crippen molar-refractivity contribution in [3.05, 3.63) is 42.9 Å². The number of morpholine rings is 1. The zero-order chi connectivity index (χ0) is 16.8. The van der Waals surface area contributed by atoms with Gasteiger partial charge in [-0.2, -0.15) is 5.10 Å². The quantitative estimate of drug-likeness (QED) is 0.757. The van der Waals surface area contributed by atoms with Crippen LogP contribution in [0.1, 0.15) is 0 Å². The summed E-state index contributed by atoms with van der Waals surface area (Å²) in [6.07, 6.45) is 5.77. The van der Waals surface area contributed by atoms with E-state index >= 15 is 0 Å². The molecule has 0 spiro atoms. The van der Waals surface area contributed by atoms with Gasteiger partial charge in [-0.1, -0.05) is 12.1 Å². The third-order valence-electron chi connectivity index (χ3n) is 4.96. The van der Waals surface area contributed by atoms with E-state index in [9.17, 15) is 4.79 Å². The van der Waals surface area contributed by atoms with Gasteiger partial charge in [0.05, 0.1) is 31.5 Å². The highest BCUT2D eigenvalue weighted by molar-refractivity contribution is 5.94. The van der Waals surface area contributed by atoms with Gasteiger partial charge in [0.1, 0.15) is 5.82 Å². The van der Waals surface area contributed by atoms with Crippen molar-refractivity contribution >= 4 is 22.5 Å². The van der Waals surface area contributed by atoms with Crippen LogP contribution in [0.3, 0.4) is 0 Å². The first-order valence-electron chi connectivity index (χ1n) is 8.31. The van der Waals surface area contributed by atoms with Crippen LogP contribution in [0.15, 0.2) is 42.9 Å². The number of H-pyrrole nitrogens is 1. The van der Waals surface area contributed by atoms with Crippen molar-refractivity contribution in [3.8, 4) is 11.1 Å². The number of nitrogens with one attached hydrogen (secondary N) is 2. The summed E-state index contributed by atoms with van der Waals surface area (Å²) in [6, 6.07) is 8.46. The number of anilines is 1. The Kier molecular flexibility index (Phi) is 3.29. The number of hydrogen-bond donors (Lipinski definition) is 2. The standard InChI is InChI=1S/C18H17N5O2/c24-18(9-23-8-16-15(23)10-25-16)22-17-4-13-3-11(14-6-20-21-7-14)1-2-12(13)5-19-17/h1-7,15-16H,8-10H2,(H,20,21)(H,19,22,24)/t15-,16?/m0/s1. The molecule has 126 valence electrons. The fraction of sp³-hybridized carbons (Fsp3) is 0.278. The number of benzene rings is 1. The number of aromatic amines is 1. The first-order valence-corrected chi connectivity index (χ1v) is 8.31. The molecule has 4 heterocycles. The predicted octanol–water partition coefficient (Wildman–Crippen LogP) is 1.65.